The summed E-state index contributed by atoms with van der Waals surface area (Å²) in [4.78, 5) is 11.8. The zero-order valence-electron chi connectivity index (χ0n) is 10.6. The molecule has 1 N–H and O–H groups in total. The summed E-state index contributed by atoms with van der Waals surface area (Å²) in [6.45, 7) is 0.417. The molecule has 19 heavy (non-hydrogen) atoms. The third kappa shape index (κ3) is 2.65. The lowest BCUT2D eigenvalue weighted by atomic mass is 10.1. The van der Waals surface area contributed by atoms with Gasteiger partial charge in [0.1, 0.15) is 0 Å². The number of nitrogens with one attached hydrogen (secondary N) is 1. The summed E-state index contributed by atoms with van der Waals surface area (Å²) in [6, 6.07) is 5.73. The molecule has 1 aliphatic rings. The maximum atomic E-state index is 11.8. The van der Waals surface area contributed by atoms with Crippen molar-refractivity contribution in [1.82, 2.24) is 19.9 Å². The van der Waals surface area contributed by atoms with E-state index in [0.717, 1.165) is 24.3 Å². The molecule has 0 unspecified atom stereocenters. The van der Waals surface area contributed by atoms with Crippen LogP contribution in [0.1, 0.15) is 25.1 Å². The second kappa shape index (κ2) is 5.22. The number of fused-ring (bicyclic) bond motifs is 1. The van der Waals surface area contributed by atoms with Gasteiger partial charge >= 0.3 is 0 Å². The van der Waals surface area contributed by atoms with Gasteiger partial charge in [0.2, 0.25) is 5.91 Å². The third-order valence-corrected chi connectivity index (χ3v) is 3.39. The molecule has 0 saturated heterocycles. The molecule has 0 spiro atoms. The molecular weight excluding hydrogens is 240 g/mol. The zero-order chi connectivity index (χ0) is 13.1. The van der Waals surface area contributed by atoms with Crippen LogP contribution < -0.4 is 5.32 Å². The van der Waals surface area contributed by atoms with E-state index in [4.69, 9.17) is 0 Å². The standard InChI is InChI=1S/C14H16N4O/c19-14(9-11-5-1-2-6-11)15-10-13-17-16-12-7-3-4-8-18(12)13/h1,3-5,7-8,11H,2,6,9-10H2,(H,15,19)/t11-/m0/s1. The molecule has 5 nitrogen and oxygen atoms in total. The molecule has 2 heterocycles. The van der Waals surface area contributed by atoms with Crippen LogP contribution in [0.4, 0.5) is 0 Å². The molecular formula is C14H16N4O. The number of rotatable bonds is 4. The number of pyridine rings is 1. The Morgan fingerprint density at radius 3 is 3.21 bits per heavy atom. The molecule has 0 bridgehead atoms. The summed E-state index contributed by atoms with van der Waals surface area (Å²) in [7, 11) is 0. The van der Waals surface area contributed by atoms with E-state index in [1.165, 1.54) is 0 Å². The Morgan fingerprint density at radius 2 is 2.37 bits per heavy atom. The molecule has 0 radical (unpaired) electrons. The SMILES string of the molecule is O=C(C[C@H]1C=CCC1)NCc1nnc2ccccn12. The Kier molecular flexibility index (Phi) is 3.27. The minimum atomic E-state index is 0.0734. The first-order chi connectivity index (χ1) is 9.33. The highest BCUT2D eigenvalue weighted by Gasteiger charge is 2.14. The van der Waals surface area contributed by atoms with Gasteiger partial charge in [-0.15, -0.1) is 10.2 Å². The van der Waals surface area contributed by atoms with E-state index in [1.54, 1.807) is 0 Å². The fourth-order valence-corrected chi connectivity index (χ4v) is 2.36. The molecule has 0 aliphatic heterocycles. The van der Waals surface area contributed by atoms with Crippen LogP contribution in [0.2, 0.25) is 0 Å². The lowest BCUT2D eigenvalue weighted by molar-refractivity contribution is -0.121. The molecule has 1 aliphatic carbocycles. The van der Waals surface area contributed by atoms with Gasteiger partial charge in [0, 0.05) is 12.6 Å². The maximum absolute atomic E-state index is 11.8. The van der Waals surface area contributed by atoms with Crippen LogP contribution >= 0.6 is 0 Å². The molecule has 0 aromatic carbocycles. The van der Waals surface area contributed by atoms with Crippen LogP contribution in [0.25, 0.3) is 5.65 Å². The highest BCUT2D eigenvalue weighted by Crippen LogP contribution is 2.19. The van der Waals surface area contributed by atoms with Gasteiger partial charge in [0.15, 0.2) is 11.5 Å². The molecule has 2 aromatic rings. The number of hydrogen-bond acceptors (Lipinski definition) is 3. The summed E-state index contributed by atoms with van der Waals surface area (Å²) >= 11 is 0. The molecule has 1 atom stereocenters. The summed E-state index contributed by atoms with van der Waals surface area (Å²) in [6.07, 6.45) is 8.91. The number of carbonyl (C=O) groups excluding carboxylic acids is 1. The van der Waals surface area contributed by atoms with E-state index in [1.807, 2.05) is 28.8 Å². The lowest BCUT2D eigenvalue weighted by Gasteiger charge is -2.07. The maximum Gasteiger partial charge on any atom is 0.220 e. The first kappa shape index (κ1) is 11.9. The van der Waals surface area contributed by atoms with Gasteiger partial charge in [-0.2, -0.15) is 0 Å². The first-order valence-electron chi connectivity index (χ1n) is 6.55. The Morgan fingerprint density at radius 1 is 1.42 bits per heavy atom. The zero-order valence-corrected chi connectivity index (χ0v) is 10.6. The predicted molar refractivity (Wildman–Crippen MR) is 71.3 cm³/mol. The summed E-state index contributed by atoms with van der Waals surface area (Å²) in [5.74, 6) is 1.23. The minimum absolute atomic E-state index is 0.0734. The van der Waals surface area contributed by atoms with Crippen molar-refractivity contribution in [3.63, 3.8) is 0 Å². The number of amides is 1. The summed E-state index contributed by atoms with van der Waals surface area (Å²) in [5.41, 5.74) is 0.797. The lowest BCUT2D eigenvalue weighted by Crippen LogP contribution is -2.25. The van der Waals surface area contributed by atoms with Crippen molar-refractivity contribution >= 4 is 11.6 Å². The quantitative estimate of drug-likeness (QED) is 0.847. The van der Waals surface area contributed by atoms with Crippen molar-refractivity contribution in [2.45, 2.75) is 25.8 Å². The highest BCUT2D eigenvalue weighted by molar-refractivity contribution is 5.76. The largest absolute Gasteiger partial charge is 0.349 e. The smallest absolute Gasteiger partial charge is 0.220 e. The average Bonchev–Trinajstić information content (AvgIpc) is 3.05. The molecule has 98 valence electrons. The van der Waals surface area contributed by atoms with E-state index in [9.17, 15) is 4.79 Å². The fraction of sp³-hybridized carbons (Fsp3) is 0.357. The van der Waals surface area contributed by atoms with Gasteiger partial charge in [0.25, 0.3) is 0 Å². The van der Waals surface area contributed by atoms with E-state index in [2.05, 4.69) is 27.7 Å². The topological polar surface area (TPSA) is 59.3 Å². The van der Waals surface area contributed by atoms with Gasteiger partial charge in [0.05, 0.1) is 6.54 Å². The van der Waals surface area contributed by atoms with Crippen LogP contribution in [0.15, 0.2) is 36.5 Å². The number of aromatic nitrogens is 3. The highest BCUT2D eigenvalue weighted by atomic mass is 16.1. The van der Waals surface area contributed by atoms with Crippen LogP contribution in [0.5, 0.6) is 0 Å². The van der Waals surface area contributed by atoms with Gasteiger partial charge in [-0.05, 0) is 30.9 Å². The van der Waals surface area contributed by atoms with Gasteiger partial charge < -0.3 is 5.32 Å². The molecule has 1 amide bonds. The van der Waals surface area contributed by atoms with Crippen molar-refractivity contribution < 1.29 is 4.79 Å². The Labute approximate surface area is 111 Å². The van der Waals surface area contributed by atoms with Gasteiger partial charge in [-0.25, -0.2) is 0 Å². The second-order valence-corrected chi connectivity index (χ2v) is 4.79. The summed E-state index contributed by atoms with van der Waals surface area (Å²) in [5, 5.41) is 11.0. The van der Waals surface area contributed by atoms with Crippen molar-refractivity contribution in [2.24, 2.45) is 5.92 Å². The molecule has 5 heteroatoms. The Hall–Kier alpha value is -2.17. The van der Waals surface area contributed by atoms with Crippen LogP contribution in [0.3, 0.4) is 0 Å². The van der Waals surface area contributed by atoms with E-state index in [0.29, 0.717) is 18.9 Å². The van der Waals surface area contributed by atoms with Crippen LogP contribution in [-0.2, 0) is 11.3 Å². The number of allylic oxidation sites excluding steroid dienone is 2. The molecule has 0 saturated carbocycles. The van der Waals surface area contributed by atoms with Crippen LogP contribution in [0, 0.1) is 5.92 Å². The predicted octanol–water partition coefficient (Wildman–Crippen LogP) is 1.70. The van der Waals surface area contributed by atoms with E-state index in [-0.39, 0.29) is 5.91 Å². The molecule has 3 rings (SSSR count). The van der Waals surface area contributed by atoms with Crippen molar-refractivity contribution in [3.05, 3.63) is 42.4 Å². The molecule has 0 fully saturated rings. The minimum Gasteiger partial charge on any atom is -0.349 e. The fourth-order valence-electron chi connectivity index (χ4n) is 2.36. The van der Waals surface area contributed by atoms with Crippen molar-refractivity contribution in [2.75, 3.05) is 0 Å². The summed E-state index contributed by atoms with van der Waals surface area (Å²) < 4.78 is 1.88. The number of carbonyl (C=O) groups is 1. The molecule has 2 aromatic heterocycles. The van der Waals surface area contributed by atoms with Gasteiger partial charge in [-0.1, -0.05) is 18.2 Å². The van der Waals surface area contributed by atoms with Crippen molar-refractivity contribution in [1.29, 1.82) is 0 Å². The monoisotopic (exact) mass is 256 g/mol. The number of nitrogens with zero attached hydrogens (tertiary/aromatic N) is 3. The van der Waals surface area contributed by atoms with E-state index >= 15 is 0 Å². The normalized spacial score (nSPS) is 18.0. The second-order valence-electron chi connectivity index (χ2n) is 4.79. The Balaban J connectivity index is 1.59. The third-order valence-electron chi connectivity index (χ3n) is 3.39. The first-order valence-corrected chi connectivity index (χ1v) is 6.55. The van der Waals surface area contributed by atoms with Gasteiger partial charge in [-0.3, -0.25) is 9.20 Å². The average molecular weight is 256 g/mol. The Bertz CT molecular complexity index is 617. The number of hydrogen-bond donors (Lipinski definition) is 1. The van der Waals surface area contributed by atoms with Crippen LogP contribution in [-0.4, -0.2) is 20.5 Å². The van der Waals surface area contributed by atoms with E-state index < -0.39 is 0 Å². The van der Waals surface area contributed by atoms with Crippen molar-refractivity contribution in [3.8, 4) is 0 Å².